The van der Waals surface area contributed by atoms with Gasteiger partial charge in [0, 0.05) is 24.4 Å². The van der Waals surface area contributed by atoms with Crippen molar-refractivity contribution in [2.75, 3.05) is 11.1 Å². The third-order valence-electron chi connectivity index (χ3n) is 3.26. The lowest BCUT2D eigenvalue weighted by atomic mass is 10.2. The second kappa shape index (κ2) is 9.02. The number of nitrogens with zero attached hydrogens (tertiary/aromatic N) is 4. The summed E-state index contributed by atoms with van der Waals surface area (Å²) in [6.07, 6.45) is 4.98. The Bertz CT molecular complexity index is 704. The summed E-state index contributed by atoms with van der Waals surface area (Å²) >= 11 is 1.29. The first-order valence-corrected chi connectivity index (χ1v) is 8.63. The lowest BCUT2D eigenvalue weighted by molar-refractivity contribution is -0.384. The van der Waals surface area contributed by atoms with Crippen molar-refractivity contribution >= 4 is 29.0 Å². The fourth-order valence-corrected chi connectivity index (χ4v) is 2.81. The van der Waals surface area contributed by atoms with Crippen molar-refractivity contribution in [1.82, 2.24) is 14.8 Å². The van der Waals surface area contributed by atoms with E-state index in [1.165, 1.54) is 30.0 Å². The third-order valence-corrected chi connectivity index (χ3v) is 4.24. The zero-order valence-corrected chi connectivity index (χ0v) is 14.2. The molecule has 2 rings (SSSR count). The number of thioether (sulfide) groups is 1. The van der Waals surface area contributed by atoms with Crippen molar-refractivity contribution in [3.63, 3.8) is 0 Å². The Kier molecular flexibility index (Phi) is 6.74. The van der Waals surface area contributed by atoms with E-state index < -0.39 is 4.92 Å². The van der Waals surface area contributed by atoms with Crippen molar-refractivity contribution in [2.45, 2.75) is 37.9 Å². The van der Waals surface area contributed by atoms with E-state index in [9.17, 15) is 14.9 Å². The average Bonchev–Trinajstić information content (AvgIpc) is 3.01. The van der Waals surface area contributed by atoms with Crippen LogP contribution in [0.15, 0.2) is 35.7 Å². The number of nitro groups is 1. The van der Waals surface area contributed by atoms with E-state index in [1.54, 1.807) is 12.4 Å². The summed E-state index contributed by atoms with van der Waals surface area (Å²) in [4.78, 5) is 22.2. The number of carbonyl (C=O) groups excluding carboxylic acids is 1. The summed E-state index contributed by atoms with van der Waals surface area (Å²) < 4.78 is 1.93. The van der Waals surface area contributed by atoms with E-state index in [1.807, 2.05) is 4.57 Å². The number of amides is 1. The van der Waals surface area contributed by atoms with Crippen LogP contribution in [0.25, 0.3) is 0 Å². The Labute approximate surface area is 143 Å². The topological polar surface area (TPSA) is 103 Å². The summed E-state index contributed by atoms with van der Waals surface area (Å²) in [6, 6.07) is 5.85. The van der Waals surface area contributed by atoms with Crippen LogP contribution < -0.4 is 5.32 Å². The number of hydrogen-bond donors (Lipinski definition) is 1. The average molecular weight is 349 g/mol. The van der Waals surface area contributed by atoms with Gasteiger partial charge in [0.2, 0.25) is 5.91 Å². The molecule has 1 N–H and O–H groups in total. The Hall–Kier alpha value is -2.42. The number of nitro benzene ring substituents is 1. The van der Waals surface area contributed by atoms with Crippen LogP contribution in [0.1, 0.15) is 26.2 Å². The van der Waals surface area contributed by atoms with Gasteiger partial charge in [0.25, 0.3) is 5.69 Å². The summed E-state index contributed by atoms with van der Waals surface area (Å²) in [5.74, 6) is -0.0848. The molecule has 0 radical (unpaired) electrons. The fourth-order valence-electron chi connectivity index (χ4n) is 2.07. The van der Waals surface area contributed by atoms with Gasteiger partial charge in [-0.05, 0) is 12.5 Å². The van der Waals surface area contributed by atoms with Crippen LogP contribution >= 0.6 is 11.8 Å². The van der Waals surface area contributed by atoms with Gasteiger partial charge < -0.3 is 9.88 Å². The standard InChI is InChI=1S/C15H19N5O3S/c1-2-3-4-8-19-11-16-18-15(19)24-10-14(21)17-12-6-5-7-13(9-12)20(22)23/h5-7,9,11H,2-4,8,10H2,1H3,(H,17,21). The quantitative estimate of drug-likeness (QED) is 0.323. The lowest BCUT2D eigenvalue weighted by Gasteiger charge is -2.06. The predicted molar refractivity (Wildman–Crippen MR) is 92.0 cm³/mol. The molecule has 2 aromatic rings. The molecule has 0 aliphatic carbocycles. The molecule has 0 atom stereocenters. The highest BCUT2D eigenvalue weighted by Crippen LogP contribution is 2.19. The summed E-state index contributed by atoms with van der Waals surface area (Å²) in [5.41, 5.74) is 0.343. The Morgan fingerprint density at radius 2 is 2.25 bits per heavy atom. The Balaban J connectivity index is 1.86. The van der Waals surface area contributed by atoms with Crippen LogP contribution in [0.2, 0.25) is 0 Å². The third kappa shape index (κ3) is 5.34. The molecule has 0 unspecified atom stereocenters. The molecule has 0 spiro atoms. The maximum Gasteiger partial charge on any atom is 0.271 e. The van der Waals surface area contributed by atoms with Gasteiger partial charge in [0.1, 0.15) is 6.33 Å². The smallest absolute Gasteiger partial charge is 0.271 e. The Morgan fingerprint density at radius 1 is 1.42 bits per heavy atom. The van der Waals surface area contributed by atoms with E-state index in [0.717, 1.165) is 25.8 Å². The second-order valence-electron chi connectivity index (χ2n) is 5.16. The van der Waals surface area contributed by atoms with Crippen LogP contribution in [0.4, 0.5) is 11.4 Å². The van der Waals surface area contributed by atoms with Crippen molar-refractivity contribution in [2.24, 2.45) is 0 Å². The highest BCUT2D eigenvalue weighted by atomic mass is 32.2. The number of rotatable bonds is 9. The van der Waals surface area contributed by atoms with Gasteiger partial charge in [-0.15, -0.1) is 10.2 Å². The number of anilines is 1. The van der Waals surface area contributed by atoms with Crippen LogP contribution in [0.5, 0.6) is 0 Å². The van der Waals surface area contributed by atoms with E-state index in [2.05, 4.69) is 22.4 Å². The van der Waals surface area contributed by atoms with Gasteiger partial charge in [-0.3, -0.25) is 14.9 Å². The predicted octanol–water partition coefficient (Wildman–Crippen LogP) is 3.11. The van der Waals surface area contributed by atoms with Gasteiger partial charge in [-0.2, -0.15) is 0 Å². The fraction of sp³-hybridized carbons (Fsp3) is 0.400. The molecule has 0 saturated carbocycles. The van der Waals surface area contributed by atoms with Crippen molar-refractivity contribution in [3.8, 4) is 0 Å². The molecule has 0 aliphatic heterocycles. The molecule has 0 saturated heterocycles. The largest absolute Gasteiger partial charge is 0.325 e. The lowest BCUT2D eigenvalue weighted by Crippen LogP contribution is -2.14. The summed E-state index contributed by atoms with van der Waals surface area (Å²) in [7, 11) is 0. The minimum atomic E-state index is -0.497. The zero-order chi connectivity index (χ0) is 17.4. The van der Waals surface area contributed by atoms with Crippen LogP contribution in [-0.2, 0) is 11.3 Å². The maximum absolute atomic E-state index is 12.0. The second-order valence-corrected chi connectivity index (χ2v) is 6.10. The molecular formula is C15H19N5O3S. The molecule has 0 bridgehead atoms. The minimum Gasteiger partial charge on any atom is -0.325 e. The molecule has 1 aromatic heterocycles. The normalized spacial score (nSPS) is 10.5. The first-order chi connectivity index (χ1) is 11.6. The van der Waals surface area contributed by atoms with Crippen LogP contribution in [0, 0.1) is 10.1 Å². The summed E-state index contributed by atoms with van der Waals surface area (Å²) in [5, 5.41) is 22.0. The molecular weight excluding hydrogens is 330 g/mol. The van der Waals surface area contributed by atoms with Crippen molar-refractivity contribution < 1.29 is 9.72 Å². The molecule has 1 aromatic carbocycles. The van der Waals surface area contributed by atoms with Gasteiger partial charge >= 0.3 is 0 Å². The minimum absolute atomic E-state index is 0.0591. The van der Waals surface area contributed by atoms with E-state index in [-0.39, 0.29) is 17.3 Å². The number of carbonyl (C=O) groups is 1. The molecule has 1 amide bonds. The maximum atomic E-state index is 12.0. The van der Waals surface area contributed by atoms with Gasteiger partial charge in [0.15, 0.2) is 5.16 Å². The molecule has 24 heavy (non-hydrogen) atoms. The van der Waals surface area contributed by atoms with Crippen molar-refractivity contribution in [1.29, 1.82) is 0 Å². The van der Waals surface area contributed by atoms with Crippen LogP contribution in [0.3, 0.4) is 0 Å². The van der Waals surface area contributed by atoms with E-state index in [0.29, 0.717) is 10.8 Å². The molecule has 128 valence electrons. The first-order valence-electron chi connectivity index (χ1n) is 7.65. The van der Waals surface area contributed by atoms with E-state index >= 15 is 0 Å². The number of non-ortho nitro benzene ring substituents is 1. The van der Waals surface area contributed by atoms with Crippen LogP contribution in [-0.4, -0.2) is 31.3 Å². The molecule has 9 heteroatoms. The monoisotopic (exact) mass is 349 g/mol. The number of nitrogens with one attached hydrogen (secondary N) is 1. The number of aryl methyl sites for hydroxylation is 1. The van der Waals surface area contributed by atoms with Gasteiger partial charge in [0.05, 0.1) is 10.7 Å². The zero-order valence-electron chi connectivity index (χ0n) is 13.3. The number of aromatic nitrogens is 3. The highest BCUT2D eigenvalue weighted by Gasteiger charge is 2.11. The molecule has 8 nitrogen and oxygen atoms in total. The number of hydrogen-bond acceptors (Lipinski definition) is 6. The van der Waals surface area contributed by atoms with Gasteiger partial charge in [-0.25, -0.2) is 0 Å². The van der Waals surface area contributed by atoms with Gasteiger partial charge in [-0.1, -0.05) is 37.6 Å². The molecule has 0 aliphatic rings. The number of benzene rings is 1. The van der Waals surface area contributed by atoms with Crippen molar-refractivity contribution in [3.05, 3.63) is 40.7 Å². The number of unbranched alkanes of at least 4 members (excludes halogenated alkanes) is 2. The molecule has 1 heterocycles. The highest BCUT2D eigenvalue weighted by molar-refractivity contribution is 7.99. The Morgan fingerprint density at radius 3 is 3.00 bits per heavy atom. The van der Waals surface area contributed by atoms with E-state index in [4.69, 9.17) is 0 Å². The molecule has 0 fully saturated rings. The first kappa shape index (κ1) is 17.9. The SMILES string of the molecule is CCCCCn1cnnc1SCC(=O)Nc1cccc([N+](=O)[O-])c1. The summed E-state index contributed by atoms with van der Waals surface area (Å²) in [6.45, 7) is 2.97.